The van der Waals surface area contributed by atoms with E-state index in [0.717, 1.165) is 10.6 Å². The monoisotopic (exact) mass is 486 g/mol. The van der Waals surface area contributed by atoms with Crippen LogP contribution in [0.3, 0.4) is 0 Å². The highest BCUT2D eigenvalue weighted by Gasteiger charge is 2.26. The van der Waals surface area contributed by atoms with Gasteiger partial charge in [0.2, 0.25) is 10.0 Å². The first-order valence-corrected chi connectivity index (χ1v) is 11.8. The standard InChI is InChI=1S/C24H20F2N2O5S/c1-28(34(3,30)31)20-13-21-19(12-18(20)14-4-8-16(25)9-5-14)22(24(29)27-32-2)23(33-21)15-6-10-17(26)11-7-15/h4-13H,1-3H3,(H,27,29). The second-order valence-corrected chi connectivity index (χ2v) is 9.57. The molecule has 10 heteroatoms. The van der Waals surface area contributed by atoms with Crippen molar-refractivity contribution in [3.05, 3.63) is 77.9 Å². The molecule has 0 atom stereocenters. The molecule has 0 saturated heterocycles. The SMILES string of the molecule is CONC(=O)c1c(-c2ccc(F)cc2)oc2cc(N(C)S(C)(=O)=O)c(-c3ccc(F)cc3)cc12. The summed E-state index contributed by atoms with van der Waals surface area (Å²) in [6, 6.07) is 14.0. The number of benzene rings is 3. The molecule has 3 aromatic carbocycles. The Morgan fingerprint density at radius 3 is 2.06 bits per heavy atom. The van der Waals surface area contributed by atoms with Crippen LogP contribution in [0.15, 0.2) is 65.1 Å². The average molecular weight is 486 g/mol. The van der Waals surface area contributed by atoms with Crippen molar-refractivity contribution in [3.8, 4) is 22.5 Å². The van der Waals surface area contributed by atoms with Crippen molar-refractivity contribution < 1.29 is 31.2 Å². The van der Waals surface area contributed by atoms with Crippen molar-refractivity contribution in [3.63, 3.8) is 0 Å². The van der Waals surface area contributed by atoms with Gasteiger partial charge in [0.25, 0.3) is 5.91 Å². The van der Waals surface area contributed by atoms with Gasteiger partial charge in [-0.2, -0.15) is 0 Å². The van der Waals surface area contributed by atoms with Crippen molar-refractivity contribution in [1.29, 1.82) is 0 Å². The third kappa shape index (κ3) is 4.37. The first-order valence-electron chi connectivity index (χ1n) is 10.00. The van der Waals surface area contributed by atoms with E-state index in [1.54, 1.807) is 6.07 Å². The first-order chi connectivity index (χ1) is 16.1. The fourth-order valence-electron chi connectivity index (χ4n) is 3.61. The van der Waals surface area contributed by atoms with E-state index in [0.29, 0.717) is 22.1 Å². The normalized spacial score (nSPS) is 11.6. The molecule has 0 bridgehead atoms. The molecule has 1 N–H and O–H groups in total. The maximum atomic E-state index is 13.6. The van der Waals surface area contributed by atoms with Gasteiger partial charge < -0.3 is 4.42 Å². The number of hydroxylamine groups is 1. The van der Waals surface area contributed by atoms with Crippen LogP contribution >= 0.6 is 0 Å². The first kappa shape index (κ1) is 23.4. The molecule has 1 aromatic heterocycles. The fraction of sp³-hybridized carbons (Fsp3) is 0.125. The summed E-state index contributed by atoms with van der Waals surface area (Å²) in [5.74, 6) is -1.38. The van der Waals surface area contributed by atoms with Crippen LogP contribution < -0.4 is 9.79 Å². The number of amides is 1. The van der Waals surface area contributed by atoms with Gasteiger partial charge in [0.15, 0.2) is 0 Å². The zero-order valence-corrected chi connectivity index (χ0v) is 19.2. The van der Waals surface area contributed by atoms with Gasteiger partial charge in [-0.15, -0.1) is 0 Å². The van der Waals surface area contributed by atoms with Gasteiger partial charge in [0.1, 0.15) is 23.0 Å². The van der Waals surface area contributed by atoms with Crippen molar-refractivity contribution >= 4 is 32.6 Å². The Kier molecular flexibility index (Phi) is 6.11. The third-order valence-corrected chi connectivity index (χ3v) is 6.52. The molecular formula is C24H20F2N2O5S. The molecule has 4 rings (SSSR count). The molecule has 0 aliphatic heterocycles. The number of carbonyl (C=O) groups excluding carboxylic acids is 1. The average Bonchev–Trinajstić information content (AvgIpc) is 3.17. The number of rotatable bonds is 6. The molecule has 0 unspecified atom stereocenters. The minimum Gasteiger partial charge on any atom is -0.455 e. The van der Waals surface area contributed by atoms with Gasteiger partial charge >= 0.3 is 0 Å². The highest BCUT2D eigenvalue weighted by Crippen LogP contribution is 2.41. The van der Waals surface area contributed by atoms with Crippen molar-refractivity contribution in [2.45, 2.75) is 0 Å². The van der Waals surface area contributed by atoms with Crippen molar-refractivity contribution in [2.75, 3.05) is 24.7 Å². The van der Waals surface area contributed by atoms with Crippen LogP contribution in [-0.2, 0) is 14.9 Å². The molecular weight excluding hydrogens is 466 g/mol. The molecule has 4 aromatic rings. The van der Waals surface area contributed by atoms with E-state index in [9.17, 15) is 22.0 Å². The second kappa shape index (κ2) is 8.88. The van der Waals surface area contributed by atoms with E-state index >= 15 is 0 Å². The summed E-state index contributed by atoms with van der Waals surface area (Å²) in [5.41, 5.74) is 4.24. The Balaban J connectivity index is 2.07. The Labute approximate surface area is 194 Å². The largest absolute Gasteiger partial charge is 0.455 e. The van der Waals surface area contributed by atoms with Crippen LogP contribution in [0.25, 0.3) is 33.4 Å². The van der Waals surface area contributed by atoms with E-state index in [1.165, 1.54) is 68.8 Å². The predicted molar refractivity (Wildman–Crippen MR) is 125 cm³/mol. The zero-order chi connectivity index (χ0) is 24.6. The van der Waals surface area contributed by atoms with Crippen LogP contribution in [0.2, 0.25) is 0 Å². The molecule has 0 aliphatic carbocycles. The zero-order valence-electron chi connectivity index (χ0n) is 18.4. The van der Waals surface area contributed by atoms with Crippen LogP contribution in [0.4, 0.5) is 14.5 Å². The van der Waals surface area contributed by atoms with Crippen LogP contribution in [0, 0.1) is 11.6 Å². The van der Waals surface area contributed by atoms with E-state index in [-0.39, 0.29) is 22.6 Å². The number of hydrogen-bond donors (Lipinski definition) is 1. The summed E-state index contributed by atoms with van der Waals surface area (Å²) >= 11 is 0. The quantitative estimate of drug-likeness (QED) is 0.398. The molecule has 1 amide bonds. The lowest BCUT2D eigenvalue weighted by molar-refractivity contribution is 0.0539. The number of hydrogen-bond acceptors (Lipinski definition) is 5. The van der Waals surface area contributed by atoms with E-state index < -0.39 is 27.6 Å². The maximum absolute atomic E-state index is 13.6. The number of nitrogens with zero attached hydrogens (tertiary/aromatic N) is 1. The predicted octanol–water partition coefficient (Wildman–Crippen LogP) is 4.73. The van der Waals surface area contributed by atoms with Gasteiger partial charge in [-0.1, -0.05) is 12.1 Å². The minimum atomic E-state index is -3.67. The molecule has 7 nitrogen and oxygen atoms in total. The summed E-state index contributed by atoms with van der Waals surface area (Å²) < 4.78 is 58.8. The summed E-state index contributed by atoms with van der Waals surface area (Å²) in [7, 11) is -1.01. The molecule has 176 valence electrons. The minimum absolute atomic E-state index is 0.111. The van der Waals surface area contributed by atoms with Crippen molar-refractivity contribution in [2.24, 2.45) is 0 Å². The summed E-state index contributed by atoms with van der Waals surface area (Å²) in [6.07, 6.45) is 1.05. The molecule has 0 spiro atoms. The highest BCUT2D eigenvalue weighted by atomic mass is 32.2. The van der Waals surface area contributed by atoms with Crippen molar-refractivity contribution in [1.82, 2.24) is 5.48 Å². The Hall–Kier alpha value is -3.76. The van der Waals surface area contributed by atoms with Crippen LogP contribution in [-0.4, -0.2) is 34.7 Å². The Bertz CT molecular complexity index is 1480. The van der Waals surface area contributed by atoms with E-state index in [1.807, 2.05) is 0 Å². The molecule has 34 heavy (non-hydrogen) atoms. The number of furan rings is 1. The fourth-order valence-corrected chi connectivity index (χ4v) is 4.11. The topological polar surface area (TPSA) is 88.8 Å². The molecule has 0 aliphatic rings. The molecule has 0 radical (unpaired) electrons. The Morgan fingerprint density at radius 2 is 1.53 bits per heavy atom. The number of carbonyl (C=O) groups is 1. The lowest BCUT2D eigenvalue weighted by atomic mass is 9.98. The second-order valence-electron chi connectivity index (χ2n) is 7.55. The lowest BCUT2D eigenvalue weighted by Gasteiger charge is -2.20. The lowest BCUT2D eigenvalue weighted by Crippen LogP contribution is -2.25. The number of nitrogens with one attached hydrogen (secondary N) is 1. The van der Waals surface area contributed by atoms with Gasteiger partial charge in [-0.25, -0.2) is 22.7 Å². The van der Waals surface area contributed by atoms with Gasteiger partial charge in [-0.3, -0.25) is 13.9 Å². The van der Waals surface area contributed by atoms with Crippen LogP contribution in [0.5, 0.6) is 0 Å². The van der Waals surface area contributed by atoms with Gasteiger partial charge in [0.05, 0.1) is 24.6 Å². The molecule has 0 fully saturated rings. The van der Waals surface area contributed by atoms with E-state index in [2.05, 4.69) is 5.48 Å². The smallest absolute Gasteiger partial charge is 0.279 e. The summed E-state index contributed by atoms with van der Waals surface area (Å²) in [4.78, 5) is 17.7. The number of fused-ring (bicyclic) bond motifs is 1. The number of anilines is 1. The third-order valence-electron chi connectivity index (χ3n) is 5.33. The summed E-state index contributed by atoms with van der Waals surface area (Å²) in [6.45, 7) is 0. The Morgan fingerprint density at radius 1 is 0.971 bits per heavy atom. The summed E-state index contributed by atoms with van der Waals surface area (Å²) in [5, 5.41) is 0.360. The van der Waals surface area contributed by atoms with Crippen LogP contribution in [0.1, 0.15) is 10.4 Å². The number of halogens is 2. The highest BCUT2D eigenvalue weighted by molar-refractivity contribution is 7.92. The number of sulfonamides is 1. The van der Waals surface area contributed by atoms with Gasteiger partial charge in [-0.05, 0) is 48.0 Å². The molecule has 0 saturated carbocycles. The molecule has 1 heterocycles. The van der Waals surface area contributed by atoms with E-state index in [4.69, 9.17) is 9.25 Å². The maximum Gasteiger partial charge on any atom is 0.279 e. The van der Waals surface area contributed by atoms with Gasteiger partial charge in [0, 0.05) is 29.6 Å².